The number of halogens is 1. The highest BCUT2D eigenvalue weighted by atomic mass is 35.5. The molecule has 0 aromatic carbocycles. The fraction of sp³-hybridized carbons (Fsp3) is 0.556. The number of carboxylic acid groups (broad SMARTS) is 1. The van der Waals surface area contributed by atoms with Gasteiger partial charge in [0.2, 0.25) is 0 Å². The Hall–Kier alpha value is -1.12. The van der Waals surface area contributed by atoms with Crippen LogP contribution in [0, 0.1) is 0 Å². The van der Waals surface area contributed by atoms with Gasteiger partial charge in [0, 0.05) is 13.4 Å². The summed E-state index contributed by atoms with van der Waals surface area (Å²) in [5.41, 5.74) is 0.00974. The van der Waals surface area contributed by atoms with Crippen LogP contribution in [0.5, 0.6) is 0 Å². The molecule has 7 nitrogen and oxygen atoms in total. The lowest BCUT2D eigenvalue weighted by Gasteiger charge is -2.01. The Morgan fingerprint density at radius 1 is 1.56 bits per heavy atom. The van der Waals surface area contributed by atoms with E-state index in [1.165, 1.54) is 7.11 Å². The molecule has 9 heteroatoms. The summed E-state index contributed by atoms with van der Waals surface area (Å²) in [7, 11) is -1.78. The first kappa shape index (κ1) is 14.9. The van der Waals surface area contributed by atoms with Gasteiger partial charge in [-0.3, -0.25) is 4.68 Å². The summed E-state index contributed by atoms with van der Waals surface area (Å²) in [6, 6.07) is 0. The van der Waals surface area contributed by atoms with E-state index in [-0.39, 0.29) is 35.3 Å². The lowest BCUT2D eigenvalue weighted by Crippen LogP contribution is -2.12. The highest BCUT2D eigenvalue weighted by Gasteiger charge is 2.22. The number of rotatable bonds is 6. The Kier molecular flexibility index (Phi) is 4.71. The van der Waals surface area contributed by atoms with Gasteiger partial charge >= 0.3 is 5.97 Å². The van der Waals surface area contributed by atoms with E-state index in [2.05, 4.69) is 5.10 Å². The normalized spacial score (nSPS) is 11.7. The third-order valence-corrected chi connectivity index (χ3v) is 3.44. The molecule has 0 amide bonds. The van der Waals surface area contributed by atoms with Gasteiger partial charge in [0.15, 0.2) is 0 Å². The highest BCUT2D eigenvalue weighted by Crippen LogP contribution is 2.21. The van der Waals surface area contributed by atoms with Gasteiger partial charge < -0.3 is 9.84 Å². The van der Waals surface area contributed by atoms with Gasteiger partial charge in [-0.15, -0.1) is 0 Å². The van der Waals surface area contributed by atoms with Gasteiger partial charge in [0.05, 0.1) is 18.9 Å². The number of aromatic nitrogens is 2. The molecule has 0 aliphatic heterocycles. The van der Waals surface area contributed by atoms with Crippen LogP contribution in [0.1, 0.15) is 16.1 Å². The van der Waals surface area contributed by atoms with Gasteiger partial charge in [0.1, 0.15) is 26.2 Å². The van der Waals surface area contributed by atoms with E-state index < -0.39 is 15.8 Å². The smallest absolute Gasteiger partial charge is 0.340 e. The predicted molar refractivity (Wildman–Crippen MR) is 64.6 cm³/mol. The number of sulfone groups is 1. The second-order valence-corrected chi connectivity index (χ2v) is 6.32. The second kappa shape index (κ2) is 5.68. The fourth-order valence-corrected chi connectivity index (χ4v) is 2.15. The summed E-state index contributed by atoms with van der Waals surface area (Å²) < 4.78 is 28.1. The van der Waals surface area contributed by atoms with Crippen molar-refractivity contribution in [3.63, 3.8) is 0 Å². The number of aromatic carboxylic acids is 1. The molecule has 0 aliphatic carbocycles. The van der Waals surface area contributed by atoms with Crippen LogP contribution in [0.3, 0.4) is 0 Å². The number of aryl methyl sites for hydroxylation is 1. The Morgan fingerprint density at radius 2 is 2.17 bits per heavy atom. The maximum absolute atomic E-state index is 11.0. The third-order valence-electron chi connectivity index (χ3n) is 2.13. The molecule has 0 atom stereocenters. The molecule has 0 aliphatic rings. The zero-order valence-corrected chi connectivity index (χ0v) is 11.5. The highest BCUT2D eigenvalue weighted by molar-refractivity contribution is 7.90. The average Bonchev–Trinajstić information content (AvgIpc) is 2.52. The lowest BCUT2D eigenvalue weighted by molar-refractivity contribution is 0.0692. The molecule has 0 spiro atoms. The largest absolute Gasteiger partial charge is 0.478 e. The number of carboxylic acids is 1. The summed E-state index contributed by atoms with van der Waals surface area (Å²) >= 11 is 5.86. The van der Waals surface area contributed by atoms with E-state index in [1.807, 2.05) is 0 Å². The number of ether oxygens (including phenoxy) is 1. The van der Waals surface area contributed by atoms with E-state index in [0.717, 1.165) is 10.9 Å². The first-order valence-corrected chi connectivity index (χ1v) is 7.35. The molecule has 18 heavy (non-hydrogen) atoms. The molecule has 1 aromatic heterocycles. The number of nitrogens with zero attached hydrogens (tertiary/aromatic N) is 2. The molecule has 1 aromatic rings. The van der Waals surface area contributed by atoms with Crippen LogP contribution < -0.4 is 0 Å². The zero-order chi connectivity index (χ0) is 13.9. The monoisotopic (exact) mass is 296 g/mol. The number of hydrogen-bond acceptors (Lipinski definition) is 5. The Labute approximate surface area is 109 Å². The minimum Gasteiger partial charge on any atom is -0.478 e. The first-order valence-electron chi connectivity index (χ1n) is 4.91. The van der Waals surface area contributed by atoms with Crippen molar-refractivity contribution < 1.29 is 23.1 Å². The molecular formula is C9H13ClN2O5S. The van der Waals surface area contributed by atoms with E-state index in [4.69, 9.17) is 21.4 Å². The molecule has 1 heterocycles. The molecule has 0 unspecified atom stereocenters. The summed E-state index contributed by atoms with van der Waals surface area (Å²) in [5, 5.41) is 12.8. The lowest BCUT2D eigenvalue weighted by atomic mass is 10.2. The van der Waals surface area contributed by atoms with Crippen LogP contribution >= 0.6 is 11.6 Å². The Morgan fingerprint density at radius 3 is 2.61 bits per heavy atom. The zero-order valence-electron chi connectivity index (χ0n) is 9.88. The number of methoxy groups -OCH3 is 1. The maximum Gasteiger partial charge on any atom is 0.340 e. The topological polar surface area (TPSA) is 98.5 Å². The van der Waals surface area contributed by atoms with E-state index in [1.54, 1.807) is 0 Å². The van der Waals surface area contributed by atoms with Crippen LogP contribution in [-0.4, -0.2) is 48.4 Å². The van der Waals surface area contributed by atoms with Crippen molar-refractivity contribution in [2.45, 2.75) is 13.2 Å². The maximum atomic E-state index is 11.0. The Bertz CT molecular complexity index is 552. The van der Waals surface area contributed by atoms with Gasteiger partial charge in [-0.05, 0) is 0 Å². The van der Waals surface area contributed by atoms with E-state index >= 15 is 0 Å². The molecule has 0 saturated heterocycles. The molecule has 1 rings (SSSR count). The quantitative estimate of drug-likeness (QED) is 0.817. The molecule has 0 fully saturated rings. The van der Waals surface area contributed by atoms with Crippen molar-refractivity contribution in [1.82, 2.24) is 9.78 Å². The molecule has 102 valence electrons. The van der Waals surface area contributed by atoms with Crippen LogP contribution in [0.15, 0.2) is 0 Å². The van der Waals surface area contributed by atoms with Gasteiger partial charge in [-0.2, -0.15) is 5.10 Å². The standard InChI is InChI=1S/C9H13ClN2O5S/c1-17-5-6-7(9(13)14)8(10)12(11-6)3-4-18(2,15)16/h3-5H2,1-2H3,(H,13,14). The summed E-state index contributed by atoms with van der Waals surface area (Å²) in [5.74, 6) is -1.39. The average molecular weight is 297 g/mol. The fourth-order valence-electron chi connectivity index (χ4n) is 1.34. The van der Waals surface area contributed by atoms with Gasteiger partial charge in [0.25, 0.3) is 0 Å². The van der Waals surface area contributed by atoms with Crippen LogP contribution in [0.25, 0.3) is 0 Å². The molecule has 0 saturated carbocycles. The third kappa shape index (κ3) is 3.69. The van der Waals surface area contributed by atoms with Gasteiger partial charge in [-0.25, -0.2) is 13.2 Å². The molecule has 0 radical (unpaired) electrons. The van der Waals surface area contributed by atoms with Crippen LogP contribution in [-0.2, 0) is 27.7 Å². The SMILES string of the molecule is COCc1nn(CCS(C)(=O)=O)c(Cl)c1C(=O)O. The predicted octanol–water partition coefficient (Wildman–Crippen LogP) is 0.426. The summed E-state index contributed by atoms with van der Waals surface area (Å²) in [4.78, 5) is 11.0. The number of carbonyl (C=O) groups is 1. The minimum atomic E-state index is -3.17. The van der Waals surface area contributed by atoms with Crippen molar-refractivity contribution >= 4 is 27.4 Å². The van der Waals surface area contributed by atoms with Gasteiger partial charge in [-0.1, -0.05) is 11.6 Å². The van der Waals surface area contributed by atoms with E-state index in [9.17, 15) is 13.2 Å². The molecular weight excluding hydrogens is 284 g/mol. The summed E-state index contributed by atoms with van der Waals surface area (Å²) in [6.45, 7) is -0.00507. The van der Waals surface area contributed by atoms with Crippen molar-refractivity contribution in [2.24, 2.45) is 0 Å². The van der Waals surface area contributed by atoms with Crippen molar-refractivity contribution in [3.8, 4) is 0 Å². The minimum absolute atomic E-state index is 0.00165. The Balaban J connectivity index is 3.07. The molecule has 0 bridgehead atoms. The number of hydrogen-bond donors (Lipinski definition) is 1. The van der Waals surface area contributed by atoms with Crippen molar-refractivity contribution in [3.05, 3.63) is 16.4 Å². The van der Waals surface area contributed by atoms with Crippen molar-refractivity contribution in [1.29, 1.82) is 0 Å². The van der Waals surface area contributed by atoms with Crippen LogP contribution in [0.2, 0.25) is 5.15 Å². The van der Waals surface area contributed by atoms with E-state index in [0.29, 0.717) is 0 Å². The first-order chi connectivity index (χ1) is 8.26. The summed E-state index contributed by atoms with van der Waals surface area (Å²) in [6.07, 6.45) is 1.08. The van der Waals surface area contributed by atoms with Crippen LogP contribution in [0.4, 0.5) is 0 Å². The second-order valence-electron chi connectivity index (χ2n) is 3.70. The molecule has 1 N–H and O–H groups in total. The van der Waals surface area contributed by atoms with Crippen molar-refractivity contribution in [2.75, 3.05) is 19.1 Å².